The molecule has 2 rings (SSSR count). The van der Waals surface area contributed by atoms with Crippen LogP contribution < -0.4 is 5.32 Å². The topological polar surface area (TPSA) is 25.2 Å². The van der Waals surface area contributed by atoms with Gasteiger partial charge in [0, 0.05) is 5.02 Å². The largest absolute Gasteiger partial charge is 0.454 e. The van der Waals surface area contributed by atoms with E-state index in [0.29, 0.717) is 16.6 Å². The van der Waals surface area contributed by atoms with E-state index in [1.165, 1.54) is 0 Å². The summed E-state index contributed by atoms with van der Waals surface area (Å²) in [6, 6.07) is 9.19. The van der Waals surface area contributed by atoms with E-state index in [0.717, 1.165) is 15.2 Å². The summed E-state index contributed by atoms with van der Waals surface area (Å²) in [6.45, 7) is 0.602. The summed E-state index contributed by atoms with van der Waals surface area (Å²) in [6.07, 6.45) is 0. The monoisotopic (exact) mass is 367 g/mol. The Morgan fingerprint density at radius 1 is 1.19 bits per heavy atom. The van der Waals surface area contributed by atoms with Gasteiger partial charge in [0.2, 0.25) is 0 Å². The fraction of sp³-hybridized carbons (Fsp3) is 0.0909. The fourth-order valence-corrected chi connectivity index (χ4v) is 2.20. The van der Waals surface area contributed by atoms with Gasteiger partial charge in [0.1, 0.15) is 5.76 Å². The van der Waals surface area contributed by atoms with Crippen molar-refractivity contribution in [2.75, 3.05) is 5.32 Å². The Morgan fingerprint density at radius 3 is 2.62 bits per heavy atom. The normalized spacial score (nSPS) is 10.4. The van der Waals surface area contributed by atoms with Gasteiger partial charge in [0.25, 0.3) is 0 Å². The number of rotatable bonds is 3. The van der Waals surface area contributed by atoms with Crippen LogP contribution >= 0.6 is 45.8 Å². The molecule has 1 aromatic carbocycles. The highest BCUT2D eigenvalue weighted by molar-refractivity contribution is 14.1. The van der Waals surface area contributed by atoms with Gasteiger partial charge in [-0.25, -0.2) is 0 Å². The summed E-state index contributed by atoms with van der Waals surface area (Å²) in [4.78, 5) is 0. The Morgan fingerprint density at radius 2 is 2.00 bits per heavy atom. The molecule has 0 unspecified atom stereocenters. The molecule has 0 amide bonds. The summed E-state index contributed by atoms with van der Waals surface area (Å²) in [5.41, 5.74) is 0.845. The van der Waals surface area contributed by atoms with Gasteiger partial charge in [0.05, 0.1) is 17.3 Å². The Balaban J connectivity index is 2.04. The van der Waals surface area contributed by atoms with Gasteiger partial charge in [-0.05, 0) is 52.9 Å². The number of furan rings is 1. The van der Waals surface area contributed by atoms with Gasteiger partial charge in [0.15, 0.2) is 3.77 Å². The average Bonchev–Trinajstić information content (AvgIpc) is 2.63. The molecule has 5 heteroatoms. The Labute approximate surface area is 117 Å². The third kappa shape index (κ3) is 3.06. The van der Waals surface area contributed by atoms with Gasteiger partial charge in [-0.2, -0.15) is 0 Å². The molecule has 2 aromatic rings. The van der Waals surface area contributed by atoms with Crippen molar-refractivity contribution in [3.63, 3.8) is 0 Å². The number of nitrogens with one attached hydrogen (secondary N) is 1. The number of anilines is 1. The lowest BCUT2D eigenvalue weighted by Crippen LogP contribution is -1.98. The summed E-state index contributed by atoms with van der Waals surface area (Å²) in [5, 5.41) is 4.42. The van der Waals surface area contributed by atoms with Crippen molar-refractivity contribution >= 4 is 51.5 Å². The third-order valence-electron chi connectivity index (χ3n) is 2.01. The first kappa shape index (κ1) is 12.1. The molecule has 0 saturated heterocycles. The van der Waals surface area contributed by atoms with Crippen LogP contribution in [0.15, 0.2) is 34.7 Å². The standard InChI is InChI=1S/C11H8Cl2INO/c12-7-1-3-10(9(13)5-7)15-6-8-2-4-11(14)16-8/h1-5,15H,6H2. The Kier molecular flexibility index (Phi) is 4.00. The van der Waals surface area contributed by atoms with Gasteiger partial charge < -0.3 is 9.73 Å². The van der Waals surface area contributed by atoms with E-state index in [4.69, 9.17) is 27.6 Å². The van der Waals surface area contributed by atoms with Crippen LogP contribution in [0.2, 0.25) is 10.0 Å². The van der Waals surface area contributed by atoms with Crippen LogP contribution in [0.5, 0.6) is 0 Å². The Bertz CT molecular complexity index is 498. The van der Waals surface area contributed by atoms with Crippen molar-refractivity contribution in [2.24, 2.45) is 0 Å². The number of halogens is 3. The Hall–Kier alpha value is -0.390. The molecular weight excluding hydrogens is 360 g/mol. The van der Waals surface area contributed by atoms with Gasteiger partial charge in [-0.3, -0.25) is 0 Å². The van der Waals surface area contributed by atoms with E-state index >= 15 is 0 Å². The van der Waals surface area contributed by atoms with Crippen molar-refractivity contribution in [1.82, 2.24) is 0 Å². The lowest BCUT2D eigenvalue weighted by atomic mass is 10.3. The number of hydrogen-bond acceptors (Lipinski definition) is 2. The van der Waals surface area contributed by atoms with E-state index in [2.05, 4.69) is 27.9 Å². The maximum Gasteiger partial charge on any atom is 0.164 e. The quantitative estimate of drug-likeness (QED) is 0.788. The van der Waals surface area contributed by atoms with E-state index in [-0.39, 0.29) is 0 Å². The lowest BCUT2D eigenvalue weighted by Gasteiger charge is -2.06. The number of hydrogen-bond donors (Lipinski definition) is 1. The zero-order chi connectivity index (χ0) is 11.5. The van der Waals surface area contributed by atoms with E-state index < -0.39 is 0 Å². The zero-order valence-electron chi connectivity index (χ0n) is 8.14. The molecule has 0 aliphatic rings. The molecule has 1 heterocycles. The minimum atomic E-state index is 0.602. The third-order valence-corrected chi connectivity index (χ3v) is 3.14. The average molecular weight is 368 g/mol. The molecule has 0 bridgehead atoms. The second-order valence-electron chi connectivity index (χ2n) is 3.18. The first-order valence-electron chi connectivity index (χ1n) is 4.58. The zero-order valence-corrected chi connectivity index (χ0v) is 11.8. The van der Waals surface area contributed by atoms with Crippen molar-refractivity contribution < 1.29 is 4.42 Å². The predicted molar refractivity (Wildman–Crippen MR) is 75.2 cm³/mol. The first-order valence-corrected chi connectivity index (χ1v) is 6.42. The maximum atomic E-state index is 6.02. The van der Waals surface area contributed by atoms with Gasteiger partial charge in [-0.1, -0.05) is 23.2 Å². The van der Waals surface area contributed by atoms with Crippen molar-refractivity contribution in [3.05, 3.63) is 49.9 Å². The van der Waals surface area contributed by atoms with Crippen LogP contribution in [0, 0.1) is 3.77 Å². The first-order chi connectivity index (χ1) is 7.65. The predicted octanol–water partition coefficient (Wildman–Crippen LogP) is 4.80. The molecule has 0 atom stereocenters. The smallest absolute Gasteiger partial charge is 0.164 e. The molecule has 0 aliphatic carbocycles. The van der Waals surface area contributed by atoms with Gasteiger partial charge in [-0.15, -0.1) is 0 Å². The maximum absolute atomic E-state index is 6.02. The molecule has 0 spiro atoms. The van der Waals surface area contributed by atoms with Crippen LogP contribution in [-0.2, 0) is 6.54 Å². The van der Waals surface area contributed by atoms with Crippen LogP contribution in [0.3, 0.4) is 0 Å². The molecule has 84 valence electrons. The minimum Gasteiger partial charge on any atom is -0.454 e. The summed E-state index contributed by atoms with van der Waals surface area (Å²) < 4.78 is 6.30. The summed E-state index contributed by atoms with van der Waals surface area (Å²) >= 11 is 14.0. The molecule has 0 saturated carbocycles. The van der Waals surface area contributed by atoms with E-state index in [1.54, 1.807) is 12.1 Å². The molecule has 1 N–H and O–H groups in total. The van der Waals surface area contributed by atoms with Crippen LogP contribution in [0.1, 0.15) is 5.76 Å². The van der Waals surface area contributed by atoms with Crippen molar-refractivity contribution in [2.45, 2.75) is 6.54 Å². The molecule has 2 nitrogen and oxygen atoms in total. The fourth-order valence-electron chi connectivity index (χ4n) is 1.26. The number of benzene rings is 1. The van der Waals surface area contributed by atoms with Gasteiger partial charge >= 0.3 is 0 Å². The summed E-state index contributed by atoms with van der Waals surface area (Å²) in [5.74, 6) is 0.871. The molecular formula is C11H8Cl2INO. The van der Waals surface area contributed by atoms with Crippen molar-refractivity contribution in [1.29, 1.82) is 0 Å². The summed E-state index contributed by atoms with van der Waals surface area (Å²) in [7, 11) is 0. The highest BCUT2D eigenvalue weighted by Crippen LogP contribution is 2.25. The molecule has 1 aromatic heterocycles. The lowest BCUT2D eigenvalue weighted by molar-refractivity contribution is 0.493. The highest BCUT2D eigenvalue weighted by Gasteiger charge is 2.03. The molecule has 16 heavy (non-hydrogen) atoms. The minimum absolute atomic E-state index is 0.602. The second kappa shape index (κ2) is 5.29. The van der Waals surface area contributed by atoms with Crippen LogP contribution in [-0.4, -0.2) is 0 Å². The molecule has 0 radical (unpaired) electrons. The van der Waals surface area contributed by atoms with Crippen LogP contribution in [0.4, 0.5) is 5.69 Å². The molecule has 0 aliphatic heterocycles. The van der Waals surface area contributed by atoms with Crippen molar-refractivity contribution in [3.8, 4) is 0 Å². The highest BCUT2D eigenvalue weighted by atomic mass is 127. The van der Waals surface area contributed by atoms with Crippen LogP contribution in [0.25, 0.3) is 0 Å². The second-order valence-corrected chi connectivity index (χ2v) is 5.09. The SMILES string of the molecule is Clc1ccc(NCc2ccc(I)o2)c(Cl)c1. The van der Waals surface area contributed by atoms with E-state index in [1.807, 2.05) is 18.2 Å². The van der Waals surface area contributed by atoms with E-state index in [9.17, 15) is 0 Å². The molecule has 0 fully saturated rings.